The molecule has 0 radical (unpaired) electrons. The molecule has 7 heteroatoms. The van der Waals surface area contributed by atoms with Crippen molar-refractivity contribution in [2.75, 3.05) is 58.7 Å². The Morgan fingerprint density at radius 2 is 2.15 bits per heavy atom. The zero-order chi connectivity index (χ0) is 18.6. The lowest BCUT2D eigenvalue weighted by Gasteiger charge is -2.24. The highest BCUT2D eigenvalue weighted by atomic mass is 16.5. The minimum absolute atomic E-state index is 0.670. The Morgan fingerprint density at radius 1 is 1.22 bits per heavy atom. The number of ether oxygens (including phenoxy) is 1. The summed E-state index contributed by atoms with van der Waals surface area (Å²) in [6, 6.07) is 10.1. The molecule has 0 saturated carbocycles. The van der Waals surface area contributed by atoms with E-state index in [4.69, 9.17) is 9.72 Å². The Hall–Kier alpha value is -2.64. The van der Waals surface area contributed by atoms with Gasteiger partial charge < -0.3 is 15.0 Å². The molecule has 3 aromatic rings. The molecule has 2 aromatic heterocycles. The van der Waals surface area contributed by atoms with Gasteiger partial charge >= 0.3 is 0 Å². The molecule has 1 aliphatic heterocycles. The minimum atomic E-state index is 0.670. The first-order valence-corrected chi connectivity index (χ1v) is 9.37. The molecule has 0 spiro atoms. The summed E-state index contributed by atoms with van der Waals surface area (Å²) in [4.78, 5) is 9.41. The predicted molar refractivity (Wildman–Crippen MR) is 107 cm³/mol. The molecule has 3 heterocycles. The van der Waals surface area contributed by atoms with Crippen LogP contribution in [0.25, 0.3) is 16.8 Å². The third kappa shape index (κ3) is 4.20. The second kappa shape index (κ2) is 7.94. The van der Waals surface area contributed by atoms with Gasteiger partial charge in [-0.15, -0.1) is 0 Å². The lowest BCUT2D eigenvalue weighted by Crippen LogP contribution is -2.37. The van der Waals surface area contributed by atoms with Crippen LogP contribution in [-0.2, 0) is 0 Å². The van der Waals surface area contributed by atoms with Gasteiger partial charge in [-0.1, -0.05) is 12.1 Å². The molecule has 1 N–H and O–H groups in total. The zero-order valence-electron chi connectivity index (χ0n) is 15.9. The minimum Gasteiger partial charge on any atom is -0.492 e. The summed E-state index contributed by atoms with van der Waals surface area (Å²) in [6.45, 7) is 5.38. The molecule has 0 saturated heterocycles. The van der Waals surface area contributed by atoms with Gasteiger partial charge in [0.2, 0.25) is 0 Å². The summed E-state index contributed by atoms with van der Waals surface area (Å²) >= 11 is 0. The normalized spacial score (nSPS) is 15.5. The summed E-state index contributed by atoms with van der Waals surface area (Å²) in [5, 5.41) is 7.88. The summed E-state index contributed by atoms with van der Waals surface area (Å²) < 4.78 is 7.84. The van der Waals surface area contributed by atoms with Gasteiger partial charge in [0.15, 0.2) is 5.65 Å². The number of hydrogen-bond acceptors (Lipinski definition) is 6. The molecule has 0 amide bonds. The summed E-state index contributed by atoms with van der Waals surface area (Å²) in [5.74, 6) is 1.76. The molecule has 4 rings (SSSR count). The maximum atomic E-state index is 6.03. The average molecular weight is 366 g/mol. The van der Waals surface area contributed by atoms with Crippen LogP contribution in [0.1, 0.15) is 0 Å². The van der Waals surface area contributed by atoms with E-state index >= 15 is 0 Å². The third-order valence-corrected chi connectivity index (χ3v) is 4.79. The van der Waals surface area contributed by atoms with Crippen molar-refractivity contribution >= 4 is 11.5 Å². The first kappa shape index (κ1) is 17.8. The van der Waals surface area contributed by atoms with Gasteiger partial charge in [-0.2, -0.15) is 5.10 Å². The number of hydrogen-bond donors (Lipinski definition) is 1. The standard InChI is InChI=1S/C20H26N6O/c1-24(2)10-11-25-9-7-21-19-6-8-26-20(23-19)18(15-22-26)16-4-3-5-17(14-16)27-13-12-25/h3-6,8,14-15H,7,9-13H2,1-2H3,(H,21,23). The highest BCUT2D eigenvalue weighted by Crippen LogP contribution is 2.27. The Morgan fingerprint density at radius 3 is 3.04 bits per heavy atom. The molecule has 0 unspecified atom stereocenters. The largest absolute Gasteiger partial charge is 0.492 e. The van der Waals surface area contributed by atoms with E-state index in [2.05, 4.69) is 46.4 Å². The van der Waals surface area contributed by atoms with Gasteiger partial charge in [0.05, 0.1) is 6.20 Å². The number of nitrogens with one attached hydrogen (secondary N) is 1. The lowest BCUT2D eigenvalue weighted by atomic mass is 10.1. The van der Waals surface area contributed by atoms with E-state index in [1.54, 1.807) is 0 Å². The number of rotatable bonds is 3. The fourth-order valence-corrected chi connectivity index (χ4v) is 3.24. The molecule has 7 nitrogen and oxygen atoms in total. The topological polar surface area (TPSA) is 57.9 Å². The maximum absolute atomic E-state index is 6.03. The number of anilines is 1. The Bertz CT molecular complexity index is 906. The van der Waals surface area contributed by atoms with E-state index in [0.717, 1.165) is 61.1 Å². The molecule has 1 aromatic carbocycles. The molecular formula is C20H26N6O. The first-order valence-electron chi connectivity index (χ1n) is 9.37. The smallest absolute Gasteiger partial charge is 0.165 e. The van der Waals surface area contributed by atoms with E-state index in [-0.39, 0.29) is 0 Å². The van der Waals surface area contributed by atoms with Crippen molar-refractivity contribution in [3.63, 3.8) is 0 Å². The number of benzene rings is 1. The van der Waals surface area contributed by atoms with Crippen LogP contribution in [-0.4, -0.2) is 77.8 Å². The van der Waals surface area contributed by atoms with Crippen LogP contribution in [0.15, 0.2) is 42.7 Å². The summed E-state index contributed by atoms with van der Waals surface area (Å²) in [7, 11) is 4.21. The number of likely N-dealkylation sites (N-methyl/N-ethyl adjacent to an activating group) is 1. The Balaban J connectivity index is 1.64. The number of aromatic nitrogens is 3. The van der Waals surface area contributed by atoms with Crippen LogP contribution in [0.3, 0.4) is 0 Å². The molecule has 142 valence electrons. The molecule has 0 atom stereocenters. The molecule has 0 aliphatic carbocycles. The predicted octanol–water partition coefficient (Wildman–Crippen LogP) is 2.06. The van der Waals surface area contributed by atoms with Crippen LogP contribution in [0, 0.1) is 0 Å². The van der Waals surface area contributed by atoms with Crippen molar-refractivity contribution in [3.8, 4) is 16.9 Å². The van der Waals surface area contributed by atoms with E-state index in [0.29, 0.717) is 6.61 Å². The second-order valence-electron chi connectivity index (χ2n) is 7.09. The first-order chi connectivity index (χ1) is 13.2. The van der Waals surface area contributed by atoms with Crippen LogP contribution >= 0.6 is 0 Å². The SMILES string of the molecule is CN(C)CCN1CCNc2ccn3ncc(c3n2)-c2cccc(c2)OCC1. The van der Waals surface area contributed by atoms with Gasteiger partial charge in [0, 0.05) is 44.5 Å². The van der Waals surface area contributed by atoms with Gasteiger partial charge in [-0.3, -0.25) is 4.90 Å². The quantitative estimate of drug-likeness (QED) is 0.766. The van der Waals surface area contributed by atoms with Crippen LogP contribution in [0.2, 0.25) is 0 Å². The monoisotopic (exact) mass is 366 g/mol. The van der Waals surface area contributed by atoms with Crippen molar-refractivity contribution in [2.24, 2.45) is 0 Å². The molecule has 1 aliphatic rings. The summed E-state index contributed by atoms with van der Waals surface area (Å²) in [6.07, 6.45) is 3.81. The molecule has 4 bridgehead atoms. The molecular weight excluding hydrogens is 340 g/mol. The fraction of sp³-hybridized carbons (Fsp3) is 0.400. The van der Waals surface area contributed by atoms with Crippen molar-refractivity contribution < 1.29 is 4.74 Å². The maximum Gasteiger partial charge on any atom is 0.165 e. The van der Waals surface area contributed by atoms with Crippen LogP contribution in [0.5, 0.6) is 5.75 Å². The second-order valence-corrected chi connectivity index (χ2v) is 7.09. The zero-order valence-corrected chi connectivity index (χ0v) is 15.9. The molecule has 27 heavy (non-hydrogen) atoms. The van der Waals surface area contributed by atoms with Gasteiger partial charge in [-0.25, -0.2) is 9.50 Å². The van der Waals surface area contributed by atoms with Crippen molar-refractivity contribution in [3.05, 3.63) is 42.7 Å². The van der Waals surface area contributed by atoms with E-state index in [9.17, 15) is 0 Å². The van der Waals surface area contributed by atoms with Gasteiger partial charge in [0.1, 0.15) is 18.2 Å². The van der Waals surface area contributed by atoms with Crippen molar-refractivity contribution in [1.82, 2.24) is 24.4 Å². The Labute approximate surface area is 159 Å². The number of nitrogens with zero attached hydrogens (tertiary/aromatic N) is 5. The van der Waals surface area contributed by atoms with Crippen molar-refractivity contribution in [1.29, 1.82) is 0 Å². The highest BCUT2D eigenvalue weighted by Gasteiger charge is 2.12. The van der Waals surface area contributed by atoms with E-state index in [1.807, 2.05) is 35.1 Å². The lowest BCUT2D eigenvalue weighted by molar-refractivity contribution is 0.199. The fourth-order valence-electron chi connectivity index (χ4n) is 3.24. The highest BCUT2D eigenvalue weighted by molar-refractivity contribution is 5.78. The van der Waals surface area contributed by atoms with Crippen molar-refractivity contribution in [2.45, 2.75) is 0 Å². The van der Waals surface area contributed by atoms with Gasteiger partial charge in [0.25, 0.3) is 0 Å². The Kier molecular flexibility index (Phi) is 5.22. The van der Waals surface area contributed by atoms with Crippen LogP contribution in [0.4, 0.5) is 5.82 Å². The third-order valence-electron chi connectivity index (χ3n) is 4.79. The number of fused-ring (bicyclic) bond motifs is 4. The van der Waals surface area contributed by atoms with Crippen LogP contribution < -0.4 is 10.1 Å². The molecule has 0 fully saturated rings. The average Bonchev–Trinajstić information content (AvgIpc) is 3.08. The summed E-state index contributed by atoms with van der Waals surface area (Å²) in [5.41, 5.74) is 2.92. The van der Waals surface area contributed by atoms with Gasteiger partial charge in [-0.05, 0) is 37.9 Å². The van der Waals surface area contributed by atoms with E-state index in [1.165, 1.54) is 0 Å². The van der Waals surface area contributed by atoms with E-state index < -0.39 is 0 Å².